The van der Waals surface area contributed by atoms with Crippen LogP contribution in [0.4, 0.5) is 5.13 Å². The molecule has 1 saturated carbocycles. The van der Waals surface area contributed by atoms with E-state index in [4.69, 9.17) is 4.74 Å². The minimum absolute atomic E-state index is 0.293. The monoisotopic (exact) mass is 268 g/mol. The van der Waals surface area contributed by atoms with E-state index in [1.807, 2.05) is 6.92 Å². The van der Waals surface area contributed by atoms with Gasteiger partial charge in [-0.05, 0) is 19.8 Å². The number of carbonyl (C=O) groups is 1. The molecule has 0 aromatic carbocycles. The Balaban J connectivity index is 2.02. The second-order valence-electron chi connectivity index (χ2n) is 4.76. The minimum atomic E-state index is -0.293. The number of aryl methyl sites for hydroxylation is 1. The number of hydrogen-bond acceptors (Lipinski definition) is 5. The Kier molecular flexibility index (Phi) is 4.58. The molecule has 0 unspecified atom stereocenters. The summed E-state index contributed by atoms with van der Waals surface area (Å²) in [5.74, 6) is -0.293. The molecule has 5 heteroatoms. The molecule has 1 heterocycles. The summed E-state index contributed by atoms with van der Waals surface area (Å²) >= 11 is 1.40. The third kappa shape index (κ3) is 3.22. The molecule has 1 aromatic heterocycles. The number of carbonyl (C=O) groups excluding carboxylic acids is 1. The number of nitrogens with zero attached hydrogens (tertiary/aromatic N) is 1. The van der Waals surface area contributed by atoms with Crippen LogP contribution in [0.5, 0.6) is 0 Å². The van der Waals surface area contributed by atoms with E-state index in [0.29, 0.717) is 10.9 Å². The Hall–Kier alpha value is -1.10. The fourth-order valence-electron chi connectivity index (χ4n) is 2.34. The standard InChI is InChI=1S/C13H20N2O2S/c1-9-11(12(16)17-2)18-13(14-9)15-10-7-5-3-4-6-8-10/h10H,3-8H2,1-2H3,(H,14,15). The van der Waals surface area contributed by atoms with Gasteiger partial charge in [-0.3, -0.25) is 0 Å². The van der Waals surface area contributed by atoms with Crippen molar-refractivity contribution in [3.63, 3.8) is 0 Å². The molecular formula is C13H20N2O2S. The number of aromatic nitrogens is 1. The zero-order valence-corrected chi connectivity index (χ0v) is 11.8. The van der Waals surface area contributed by atoms with Gasteiger partial charge in [-0.1, -0.05) is 37.0 Å². The fraction of sp³-hybridized carbons (Fsp3) is 0.692. The average molecular weight is 268 g/mol. The van der Waals surface area contributed by atoms with Crippen molar-refractivity contribution in [2.45, 2.75) is 51.5 Å². The summed E-state index contributed by atoms with van der Waals surface area (Å²) in [6.07, 6.45) is 7.64. The van der Waals surface area contributed by atoms with Gasteiger partial charge in [0, 0.05) is 6.04 Å². The van der Waals surface area contributed by atoms with Gasteiger partial charge in [0.15, 0.2) is 5.13 Å². The molecule has 2 rings (SSSR count). The molecule has 1 fully saturated rings. The van der Waals surface area contributed by atoms with E-state index in [-0.39, 0.29) is 5.97 Å². The third-order valence-electron chi connectivity index (χ3n) is 3.35. The van der Waals surface area contributed by atoms with Crippen molar-refractivity contribution in [3.8, 4) is 0 Å². The molecular weight excluding hydrogens is 248 g/mol. The van der Waals surface area contributed by atoms with Crippen LogP contribution in [0.2, 0.25) is 0 Å². The average Bonchev–Trinajstić information content (AvgIpc) is 2.57. The fourth-order valence-corrected chi connectivity index (χ4v) is 3.30. The molecule has 1 aliphatic carbocycles. The van der Waals surface area contributed by atoms with Crippen molar-refractivity contribution in [1.29, 1.82) is 0 Å². The molecule has 18 heavy (non-hydrogen) atoms. The van der Waals surface area contributed by atoms with Crippen LogP contribution >= 0.6 is 11.3 Å². The number of methoxy groups -OCH3 is 1. The van der Waals surface area contributed by atoms with Crippen molar-refractivity contribution in [1.82, 2.24) is 4.98 Å². The first-order valence-corrected chi connectivity index (χ1v) is 7.34. The topological polar surface area (TPSA) is 51.2 Å². The van der Waals surface area contributed by atoms with Gasteiger partial charge in [0.25, 0.3) is 0 Å². The van der Waals surface area contributed by atoms with Crippen LogP contribution in [0.3, 0.4) is 0 Å². The number of nitrogens with one attached hydrogen (secondary N) is 1. The van der Waals surface area contributed by atoms with E-state index in [0.717, 1.165) is 10.8 Å². The van der Waals surface area contributed by atoms with Gasteiger partial charge in [0.2, 0.25) is 0 Å². The molecule has 0 bridgehead atoms. The van der Waals surface area contributed by atoms with Crippen LogP contribution in [0.1, 0.15) is 53.9 Å². The molecule has 1 aliphatic rings. The van der Waals surface area contributed by atoms with E-state index in [1.54, 1.807) is 0 Å². The van der Waals surface area contributed by atoms with Crippen molar-refractivity contribution in [2.75, 3.05) is 12.4 Å². The lowest BCUT2D eigenvalue weighted by Gasteiger charge is -2.14. The smallest absolute Gasteiger partial charge is 0.350 e. The molecule has 100 valence electrons. The lowest BCUT2D eigenvalue weighted by atomic mass is 10.1. The molecule has 0 amide bonds. The summed E-state index contributed by atoms with van der Waals surface area (Å²) in [5.41, 5.74) is 0.753. The number of thiazole rings is 1. The zero-order chi connectivity index (χ0) is 13.0. The van der Waals surface area contributed by atoms with E-state index in [1.165, 1.54) is 57.0 Å². The Morgan fingerprint density at radius 2 is 2.00 bits per heavy atom. The summed E-state index contributed by atoms with van der Waals surface area (Å²) in [6.45, 7) is 1.85. The number of anilines is 1. The van der Waals surface area contributed by atoms with Gasteiger partial charge >= 0.3 is 5.97 Å². The predicted octanol–water partition coefficient (Wildman–Crippen LogP) is 3.37. The largest absolute Gasteiger partial charge is 0.465 e. The normalized spacial score (nSPS) is 17.2. The van der Waals surface area contributed by atoms with Gasteiger partial charge in [-0.15, -0.1) is 0 Å². The number of ether oxygens (including phenoxy) is 1. The van der Waals surface area contributed by atoms with Crippen LogP contribution < -0.4 is 5.32 Å². The second-order valence-corrected chi connectivity index (χ2v) is 5.76. The maximum absolute atomic E-state index is 11.5. The van der Waals surface area contributed by atoms with Crippen LogP contribution in [0.25, 0.3) is 0 Å². The third-order valence-corrected chi connectivity index (χ3v) is 4.42. The highest BCUT2D eigenvalue weighted by atomic mass is 32.1. The number of hydrogen-bond donors (Lipinski definition) is 1. The summed E-state index contributed by atoms with van der Waals surface area (Å²) in [7, 11) is 1.40. The van der Waals surface area contributed by atoms with Crippen molar-refractivity contribution in [3.05, 3.63) is 10.6 Å². The lowest BCUT2D eigenvalue weighted by Crippen LogP contribution is -2.17. The molecule has 0 saturated heterocycles. The molecule has 4 nitrogen and oxygen atoms in total. The van der Waals surface area contributed by atoms with Crippen LogP contribution in [-0.2, 0) is 4.74 Å². The lowest BCUT2D eigenvalue weighted by molar-refractivity contribution is 0.0605. The second kappa shape index (κ2) is 6.18. The molecule has 0 aliphatic heterocycles. The van der Waals surface area contributed by atoms with Crippen LogP contribution in [0, 0.1) is 6.92 Å². The molecule has 1 aromatic rings. The minimum Gasteiger partial charge on any atom is -0.465 e. The highest BCUT2D eigenvalue weighted by molar-refractivity contribution is 7.17. The van der Waals surface area contributed by atoms with E-state index in [2.05, 4.69) is 10.3 Å². The summed E-state index contributed by atoms with van der Waals surface area (Å²) < 4.78 is 4.74. The van der Waals surface area contributed by atoms with Gasteiger partial charge in [-0.25, -0.2) is 9.78 Å². The highest BCUT2D eigenvalue weighted by Gasteiger charge is 2.18. The van der Waals surface area contributed by atoms with Gasteiger partial charge in [0.05, 0.1) is 12.8 Å². The maximum atomic E-state index is 11.5. The zero-order valence-electron chi connectivity index (χ0n) is 11.0. The van der Waals surface area contributed by atoms with Crippen LogP contribution in [-0.4, -0.2) is 24.1 Å². The molecule has 1 N–H and O–H groups in total. The number of esters is 1. The van der Waals surface area contributed by atoms with E-state index >= 15 is 0 Å². The SMILES string of the molecule is COC(=O)c1sc(NC2CCCCCC2)nc1C. The van der Waals surface area contributed by atoms with Crippen molar-refractivity contribution >= 4 is 22.4 Å². The molecule has 0 spiro atoms. The first kappa shape index (κ1) is 13.3. The predicted molar refractivity (Wildman–Crippen MR) is 73.3 cm³/mol. The Bertz CT molecular complexity index is 409. The van der Waals surface area contributed by atoms with E-state index in [9.17, 15) is 4.79 Å². The van der Waals surface area contributed by atoms with Gasteiger partial charge < -0.3 is 10.1 Å². The first-order valence-electron chi connectivity index (χ1n) is 6.53. The summed E-state index contributed by atoms with van der Waals surface area (Å²) in [4.78, 5) is 16.5. The molecule has 0 radical (unpaired) electrons. The van der Waals surface area contributed by atoms with E-state index < -0.39 is 0 Å². The van der Waals surface area contributed by atoms with Crippen molar-refractivity contribution in [2.24, 2.45) is 0 Å². The quantitative estimate of drug-likeness (QED) is 0.674. The van der Waals surface area contributed by atoms with Gasteiger partial charge in [-0.2, -0.15) is 0 Å². The maximum Gasteiger partial charge on any atom is 0.350 e. The van der Waals surface area contributed by atoms with Crippen LogP contribution in [0.15, 0.2) is 0 Å². The Labute approximate surface area is 112 Å². The molecule has 0 atom stereocenters. The number of rotatable bonds is 3. The Morgan fingerprint density at radius 3 is 2.61 bits per heavy atom. The summed E-state index contributed by atoms with van der Waals surface area (Å²) in [5, 5.41) is 4.31. The highest BCUT2D eigenvalue weighted by Crippen LogP contribution is 2.26. The first-order chi connectivity index (χ1) is 8.70. The van der Waals surface area contributed by atoms with Gasteiger partial charge in [0.1, 0.15) is 4.88 Å². The van der Waals surface area contributed by atoms with Crippen molar-refractivity contribution < 1.29 is 9.53 Å². The Morgan fingerprint density at radius 1 is 1.33 bits per heavy atom. The summed E-state index contributed by atoms with van der Waals surface area (Å²) in [6, 6.07) is 0.503.